The third-order valence-corrected chi connectivity index (χ3v) is 3.24. The number of nitrogens with zero attached hydrogens (tertiary/aromatic N) is 2. The Bertz CT molecular complexity index is 320. The van der Waals surface area contributed by atoms with Crippen LogP contribution >= 0.6 is 12.4 Å². The van der Waals surface area contributed by atoms with Crippen LogP contribution in [0.2, 0.25) is 0 Å². The maximum atomic E-state index is 5.17. The predicted octanol–water partition coefficient (Wildman–Crippen LogP) is 1.51. The van der Waals surface area contributed by atoms with E-state index in [2.05, 4.69) is 15.4 Å². The summed E-state index contributed by atoms with van der Waals surface area (Å²) >= 11 is 0. The summed E-state index contributed by atoms with van der Waals surface area (Å²) in [6.07, 6.45) is 1.24. The molecule has 5 heteroatoms. The van der Waals surface area contributed by atoms with Crippen LogP contribution in [0.25, 0.3) is 0 Å². The second kappa shape index (κ2) is 5.66. The van der Waals surface area contributed by atoms with Gasteiger partial charge in [-0.05, 0) is 27.3 Å². The van der Waals surface area contributed by atoms with Crippen LogP contribution in [0.5, 0.6) is 0 Å². The maximum absolute atomic E-state index is 5.17. The Morgan fingerprint density at radius 3 is 2.75 bits per heavy atom. The van der Waals surface area contributed by atoms with Crippen molar-refractivity contribution in [3.8, 4) is 0 Å². The van der Waals surface area contributed by atoms with Gasteiger partial charge in [0, 0.05) is 31.2 Å². The molecule has 0 aliphatic carbocycles. The van der Waals surface area contributed by atoms with Crippen LogP contribution in [0.15, 0.2) is 4.52 Å². The second-order valence-corrected chi connectivity index (χ2v) is 4.31. The zero-order valence-corrected chi connectivity index (χ0v) is 10.9. The minimum Gasteiger partial charge on any atom is -0.361 e. The molecule has 1 atom stereocenters. The van der Waals surface area contributed by atoms with Crippen LogP contribution in [0, 0.1) is 13.8 Å². The highest BCUT2D eigenvalue weighted by Crippen LogP contribution is 2.18. The van der Waals surface area contributed by atoms with Crippen molar-refractivity contribution in [2.45, 2.75) is 32.9 Å². The van der Waals surface area contributed by atoms with E-state index >= 15 is 0 Å². The Labute approximate surface area is 103 Å². The van der Waals surface area contributed by atoms with Crippen molar-refractivity contribution >= 4 is 12.4 Å². The van der Waals surface area contributed by atoms with Crippen molar-refractivity contribution < 1.29 is 4.52 Å². The molecular weight excluding hydrogens is 226 g/mol. The Hall–Kier alpha value is -0.580. The number of nitrogens with one attached hydrogen (secondary N) is 1. The van der Waals surface area contributed by atoms with Crippen molar-refractivity contribution in [1.82, 2.24) is 15.4 Å². The highest BCUT2D eigenvalue weighted by Gasteiger charge is 2.22. The summed E-state index contributed by atoms with van der Waals surface area (Å²) in [6.45, 7) is 7.26. The summed E-state index contributed by atoms with van der Waals surface area (Å²) in [4.78, 5) is 2.45. The van der Waals surface area contributed by atoms with E-state index in [-0.39, 0.29) is 12.4 Å². The average Bonchev–Trinajstić information content (AvgIpc) is 2.80. The molecule has 1 N–H and O–H groups in total. The quantitative estimate of drug-likeness (QED) is 0.877. The molecule has 16 heavy (non-hydrogen) atoms. The molecule has 0 amide bonds. The van der Waals surface area contributed by atoms with E-state index in [1.807, 2.05) is 20.9 Å². The molecule has 1 aliphatic heterocycles. The minimum atomic E-state index is 0. The zero-order valence-electron chi connectivity index (χ0n) is 10.1. The van der Waals surface area contributed by atoms with Gasteiger partial charge in [-0.25, -0.2) is 0 Å². The molecule has 1 fully saturated rings. The van der Waals surface area contributed by atoms with E-state index < -0.39 is 0 Å². The lowest BCUT2D eigenvalue weighted by Crippen LogP contribution is -2.29. The summed E-state index contributed by atoms with van der Waals surface area (Å²) in [7, 11) is 2.03. The number of rotatable bonds is 3. The van der Waals surface area contributed by atoms with Crippen LogP contribution in [-0.2, 0) is 6.54 Å². The lowest BCUT2D eigenvalue weighted by Gasteiger charge is -2.15. The first-order valence-electron chi connectivity index (χ1n) is 5.52. The molecule has 92 valence electrons. The molecule has 1 aliphatic rings. The molecule has 1 saturated heterocycles. The molecule has 1 aromatic rings. The zero-order chi connectivity index (χ0) is 10.8. The van der Waals surface area contributed by atoms with E-state index in [9.17, 15) is 0 Å². The maximum Gasteiger partial charge on any atom is 0.138 e. The number of aromatic nitrogens is 1. The SMILES string of the molecule is CNC1CCN(Cc2c(C)noc2C)C1.Cl. The Kier molecular flexibility index (Phi) is 4.77. The lowest BCUT2D eigenvalue weighted by atomic mass is 10.2. The topological polar surface area (TPSA) is 41.3 Å². The highest BCUT2D eigenvalue weighted by atomic mass is 35.5. The lowest BCUT2D eigenvalue weighted by molar-refractivity contribution is 0.318. The number of likely N-dealkylation sites (tertiary alicyclic amines) is 1. The Balaban J connectivity index is 0.00000128. The second-order valence-electron chi connectivity index (χ2n) is 4.31. The van der Waals surface area contributed by atoms with E-state index in [0.717, 1.165) is 31.1 Å². The molecule has 0 bridgehead atoms. The smallest absolute Gasteiger partial charge is 0.138 e. The number of halogens is 1. The molecule has 2 rings (SSSR count). The number of hydrogen-bond donors (Lipinski definition) is 1. The first-order valence-corrected chi connectivity index (χ1v) is 5.52. The van der Waals surface area contributed by atoms with Crippen molar-refractivity contribution in [2.75, 3.05) is 20.1 Å². The first kappa shape index (κ1) is 13.5. The molecule has 1 unspecified atom stereocenters. The van der Waals surface area contributed by atoms with Gasteiger partial charge >= 0.3 is 0 Å². The largest absolute Gasteiger partial charge is 0.361 e. The molecular formula is C11H20ClN3O. The minimum absolute atomic E-state index is 0. The first-order chi connectivity index (χ1) is 7.20. The number of likely N-dealkylation sites (N-methyl/N-ethyl adjacent to an activating group) is 1. The molecule has 4 nitrogen and oxygen atoms in total. The fraction of sp³-hybridized carbons (Fsp3) is 0.727. The highest BCUT2D eigenvalue weighted by molar-refractivity contribution is 5.85. The van der Waals surface area contributed by atoms with Gasteiger partial charge in [0.2, 0.25) is 0 Å². The van der Waals surface area contributed by atoms with Crippen LogP contribution in [-0.4, -0.2) is 36.2 Å². The Morgan fingerprint density at radius 1 is 1.50 bits per heavy atom. The molecule has 1 aromatic heterocycles. The van der Waals surface area contributed by atoms with E-state index in [1.165, 1.54) is 12.0 Å². The van der Waals surface area contributed by atoms with Gasteiger partial charge in [-0.2, -0.15) is 0 Å². The summed E-state index contributed by atoms with van der Waals surface area (Å²) in [5, 5.41) is 7.30. The number of hydrogen-bond acceptors (Lipinski definition) is 4. The van der Waals surface area contributed by atoms with Crippen molar-refractivity contribution in [2.24, 2.45) is 0 Å². The fourth-order valence-corrected chi connectivity index (χ4v) is 2.16. The van der Waals surface area contributed by atoms with Crippen LogP contribution in [0.4, 0.5) is 0 Å². The van der Waals surface area contributed by atoms with Gasteiger partial charge in [0.05, 0.1) is 5.69 Å². The molecule has 0 radical (unpaired) electrons. The van der Waals surface area contributed by atoms with Crippen molar-refractivity contribution in [1.29, 1.82) is 0 Å². The Morgan fingerprint density at radius 2 is 2.25 bits per heavy atom. The normalized spacial score (nSPS) is 21.1. The number of aryl methyl sites for hydroxylation is 2. The predicted molar refractivity (Wildman–Crippen MR) is 66.0 cm³/mol. The van der Waals surface area contributed by atoms with Gasteiger partial charge in [0.15, 0.2) is 0 Å². The summed E-state index contributed by atoms with van der Waals surface area (Å²) in [5.41, 5.74) is 2.28. The van der Waals surface area contributed by atoms with Gasteiger partial charge in [-0.1, -0.05) is 5.16 Å². The van der Waals surface area contributed by atoms with Crippen LogP contribution in [0.1, 0.15) is 23.4 Å². The van der Waals surface area contributed by atoms with Gasteiger partial charge in [-0.15, -0.1) is 12.4 Å². The standard InChI is InChI=1S/C11H19N3O.ClH/c1-8-11(9(2)15-13-8)7-14-5-4-10(6-14)12-3;/h10,12H,4-7H2,1-3H3;1H. The fourth-order valence-electron chi connectivity index (χ4n) is 2.16. The molecule has 0 saturated carbocycles. The molecule has 0 spiro atoms. The third-order valence-electron chi connectivity index (χ3n) is 3.24. The van der Waals surface area contributed by atoms with Gasteiger partial charge < -0.3 is 9.84 Å². The van der Waals surface area contributed by atoms with Crippen LogP contribution in [0.3, 0.4) is 0 Å². The molecule has 0 aromatic carbocycles. The average molecular weight is 246 g/mol. The van der Waals surface area contributed by atoms with E-state index in [4.69, 9.17) is 4.52 Å². The summed E-state index contributed by atoms with van der Waals surface area (Å²) < 4.78 is 5.17. The van der Waals surface area contributed by atoms with Gasteiger partial charge in [0.25, 0.3) is 0 Å². The molecule has 2 heterocycles. The third kappa shape index (κ3) is 2.75. The van der Waals surface area contributed by atoms with Crippen LogP contribution < -0.4 is 5.32 Å². The monoisotopic (exact) mass is 245 g/mol. The van der Waals surface area contributed by atoms with E-state index in [0.29, 0.717) is 6.04 Å². The van der Waals surface area contributed by atoms with E-state index in [1.54, 1.807) is 0 Å². The van der Waals surface area contributed by atoms with Crippen molar-refractivity contribution in [3.05, 3.63) is 17.0 Å². The van der Waals surface area contributed by atoms with Gasteiger partial charge in [0.1, 0.15) is 5.76 Å². The van der Waals surface area contributed by atoms with Crippen molar-refractivity contribution in [3.63, 3.8) is 0 Å². The summed E-state index contributed by atoms with van der Waals surface area (Å²) in [6, 6.07) is 0.644. The summed E-state index contributed by atoms with van der Waals surface area (Å²) in [5.74, 6) is 0.959. The van der Waals surface area contributed by atoms with Gasteiger partial charge in [-0.3, -0.25) is 4.90 Å².